The van der Waals surface area contributed by atoms with E-state index < -0.39 is 0 Å². The summed E-state index contributed by atoms with van der Waals surface area (Å²) in [4.78, 5) is 41.8. The van der Waals surface area contributed by atoms with E-state index in [0.717, 1.165) is 5.69 Å². The van der Waals surface area contributed by atoms with Gasteiger partial charge in [0.1, 0.15) is 0 Å². The van der Waals surface area contributed by atoms with Crippen LogP contribution in [0.1, 0.15) is 34.6 Å². The van der Waals surface area contributed by atoms with Gasteiger partial charge in [-0.2, -0.15) is 0 Å². The lowest BCUT2D eigenvalue weighted by atomic mass is 10.2. The fourth-order valence-corrected chi connectivity index (χ4v) is 3.06. The molecule has 0 radical (unpaired) electrons. The Labute approximate surface area is 201 Å². The van der Waals surface area contributed by atoms with Crippen LogP contribution in [0.15, 0.2) is 49.1 Å². The van der Waals surface area contributed by atoms with Crippen LogP contribution >= 0.6 is 0 Å². The molecule has 0 aliphatic carbocycles. The predicted octanol–water partition coefficient (Wildman–Crippen LogP) is 2.47. The number of carbonyl (C=O) groups excluding carboxylic acids is 2. The quantitative estimate of drug-likeness (QED) is 0.349. The molecule has 12 heteroatoms. The van der Waals surface area contributed by atoms with Crippen LogP contribution in [-0.4, -0.2) is 54.6 Å². The van der Waals surface area contributed by atoms with Crippen molar-refractivity contribution >= 4 is 23.8 Å². The van der Waals surface area contributed by atoms with Gasteiger partial charge in [0.15, 0.2) is 0 Å². The number of esters is 2. The van der Waals surface area contributed by atoms with Gasteiger partial charge in [-0.25, -0.2) is 29.5 Å². The molecule has 4 aromatic heterocycles. The number of ether oxygens (including phenoxy) is 2. The number of rotatable bonds is 6. The molecule has 12 nitrogen and oxygen atoms in total. The van der Waals surface area contributed by atoms with Crippen LogP contribution in [0.2, 0.25) is 0 Å². The molecule has 0 saturated heterocycles. The van der Waals surface area contributed by atoms with E-state index in [1.807, 2.05) is 7.05 Å². The van der Waals surface area contributed by atoms with Crippen LogP contribution in [-0.2, 0) is 16.5 Å². The third kappa shape index (κ3) is 6.41. The van der Waals surface area contributed by atoms with Crippen molar-refractivity contribution in [3.63, 3.8) is 0 Å². The highest BCUT2D eigenvalue weighted by Gasteiger charge is 2.14. The highest BCUT2D eigenvalue weighted by Crippen LogP contribution is 2.20. The fraction of sp³-hybridized carbons (Fsp3) is 0.217. The highest BCUT2D eigenvalue weighted by molar-refractivity contribution is 5.91. The molecule has 0 saturated carbocycles. The average molecular weight is 479 g/mol. The summed E-state index contributed by atoms with van der Waals surface area (Å²) < 4.78 is 11.6. The molecule has 0 atom stereocenters. The maximum atomic E-state index is 11.6. The van der Waals surface area contributed by atoms with Gasteiger partial charge in [-0.3, -0.25) is 0 Å². The fourth-order valence-electron chi connectivity index (χ4n) is 3.06. The first-order valence-corrected chi connectivity index (χ1v) is 10.7. The first-order valence-electron chi connectivity index (χ1n) is 10.7. The SMILES string of the molecule is CCOC(=O)c1c[nH]c(-c2ccnc(N)n2)c1.CCOC(=O)c1cc(-c2ccnc(N)n2)n(C)c1. The molecule has 0 spiro atoms. The van der Waals surface area contributed by atoms with Gasteiger partial charge in [-0.05, 0) is 38.1 Å². The number of aromatic nitrogens is 6. The van der Waals surface area contributed by atoms with Crippen molar-refractivity contribution in [1.82, 2.24) is 29.5 Å². The first kappa shape index (κ1) is 24.9. The van der Waals surface area contributed by atoms with Crippen molar-refractivity contribution in [1.29, 1.82) is 0 Å². The molecule has 0 aromatic carbocycles. The number of anilines is 2. The Hall–Kier alpha value is -4.74. The van der Waals surface area contributed by atoms with Crippen LogP contribution in [0.5, 0.6) is 0 Å². The molecule has 0 aliphatic rings. The van der Waals surface area contributed by atoms with Crippen LogP contribution < -0.4 is 11.5 Å². The summed E-state index contributed by atoms with van der Waals surface area (Å²) in [6.45, 7) is 4.23. The standard InChI is InChI=1S/C12H14N4O2.C11H12N4O2/c1-3-18-11(17)8-6-10(16(2)7-8)9-4-5-14-12(13)15-9;1-2-17-10(16)7-5-9(14-6-7)8-3-4-13-11(12)15-8/h4-7H,3H2,1-2H3,(H2,13,14,15);3-6,14H,2H2,1H3,(H2,12,13,15). The number of hydrogen-bond donors (Lipinski definition) is 3. The summed E-state index contributed by atoms with van der Waals surface area (Å²) in [7, 11) is 1.83. The number of nitrogens with two attached hydrogens (primary N) is 2. The Balaban J connectivity index is 0.000000196. The molecule has 35 heavy (non-hydrogen) atoms. The second-order valence-corrected chi connectivity index (χ2v) is 7.07. The van der Waals surface area contributed by atoms with E-state index >= 15 is 0 Å². The Morgan fingerprint density at radius 1 is 0.914 bits per heavy atom. The van der Waals surface area contributed by atoms with E-state index in [4.69, 9.17) is 20.9 Å². The molecule has 0 fully saturated rings. The summed E-state index contributed by atoms with van der Waals surface area (Å²) in [6, 6.07) is 6.83. The third-order valence-corrected chi connectivity index (χ3v) is 4.60. The van der Waals surface area contributed by atoms with E-state index in [2.05, 4.69) is 24.9 Å². The van der Waals surface area contributed by atoms with Crippen molar-refractivity contribution in [3.8, 4) is 22.8 Å². The predicted molar refractivity (Wildman–Crippen MR) is 129 cm³/mol. The molecular formula is C23H26N8O4. The number of nitrogens with zero attached hydrogens (tertiary/aromatic N) is 5. The van der Waals surface area contributed by atoms with Crippen LogP contribution in [0.25, 0.3) is 22.8 Å². The summed E-state index contributed by atoms with van der Waals surface area (Å²) in [5.41, 5.74) is 14.7. The number of hydrogen-bond acceptors (Lipinski definition) is 10. The van der Waals surface area contributed by atoms with Crippen molar-refractivity contribution in [2.45, 2.75) is 13.8 Å². The molecule has 0 amide bonds. The molecular weight excluding hydrogens is 452 g/mol. The number of carbonyl (C=O) groups is 2. The zero-order chi connectivity index (χ0) is 25.4. The molecule has 4 heterocycles. The largest absolute Gasteiger partial charge is 0.462 e. The Morgan fingerprint density at radius 3 is 2.09 bits per heavy atom. The van der Waals surface area contributed by atoms with E-state index in [9.17, 15) is 9.59 Å². The summed E-state index contributed by atoms with van der Waals surface area (Å²) in [6.07, 6.45) is 6.41. The van der Waals surface area contributed by atoms with Crippen LogP contribution in [0, 0.1) is 0 Å². The third-order valence-electron chi connectivity index (χ3n) is 4.60. The van der Waals surface area contributed by atoms with Gasteiger partial charge in [0.2, 0.25) is 11.9 Å². The van der Waals surface area contributed by atoms with Gasteiger partial charge in [-0.1, -0.05) is 0 Å². The topological polar surface area (TPSA) is 177 Å². The van der Waals surface area contributed by atoms with Crippen molar-refractivity contribution in [3.05, 3.63) is 60.2 Å². The normalized spacial score (nSPS) is 10.3. The summed E-state index contributed by atoms with van der Waals surface area (Å²) in [5, 5.41) is 0. The number of nitrogens with one attached hydrogen (secondary N) is 1. The lowest BCUT2D eigenvalue weighted by Crippen LogP contribution is -2.02. The lowest BCUT2D eigenvalue weighted by Gasteiger charge is -2.01. The average Bonchev–Trinajstić information content (AvgIpc) is 3.47. The molecule has 0 bridgehead atoms. The van der Waals surface area contributed by atoms with Gasteiger partial charge >= 0.3 is 11.9 Å². The van der Waals surface area contributed by atoms with E-state index in [1.165, 1.54) is 0 Å². The first-order chi connectivity index (χ1) is 16.8. The van der Waals surface area contributed by atoms with E-state index in [-0.39, 0.29) is 23.8 Å². The number of H-pyrrole nitrogens is 1. The van der Waals surface area contributed by atoms with Gasteiger partial charge in [0.25, 0.3) is 0 Å². The minimum absolute atomic E-state index is 0.190. The molecule has 4 rings (SSSR count). The minimum atomic E-state index is -0.364. The zero-order valence-corrected chi connectivity index (χ0v) is 19.6. The Bertz CT molecular complexity index is 1310. The monoisotopic (exact) mass is 478 g/mol. The van der Waals surface area contributed by atoms with Crippen molar-refractivity contribution in [2.24, 2.45) is 7.05 Å². The number of nitrogen functional groups attached to an aromatic ring is 2. The Morgan fingerprint density at radius 2 is 1.49 bits per heavy atom. The lowest BCUT2D eigenvalue weighted by molar-refractivity contribution is 0.0517. The zero-order valence-electron chi connectivity index (χ0n) is 19.6. The van der Waals surface area contributed by atoms with Crippen molar-refractivity contribution < 1.29 is 19.1 Å². The maximum absolute atomic E-state index is 11.6. The van der Waals surface area contributed by atoms with Crippen LogP contribution in [0.3, 0.4) is 0 Å². The number of aromatic amines is 1. The molecule has 0 unspecified atom stereocenters. The molecule has 0 aliphatic heterocycles. The van der Waals surface area contributed by atoms with Gasteiger partial charge in [0.05, 0.1) is 47.1 Å². The smallest absolute Gasteiger partial charge is 0.339 e. The highest BCUT2D eigenvalue weighted by atomic mass is 16.5. The molecule has 5 N–H and O–H groups in total. The van der Waals surface area contributed by atoms with E-state index in [1.54, 1.807) is 67.5 Å². The minimum Gasteiger partial charge on any atom is -0.462 e. The van der Waals surface area contributed by atoms with Gasteiger partial charge in [-0.15, -0.1) is 0 Å². The number of aryl methyl sites for hydroxylation is 1. The van der Waals surface area contributed by atoms with Crippen molar-refractivity contribution in [2.75, 3.05) is 24.7 Å². The summed E-state index contributed by atoms with van der Waals surface area (Å²) >= 11 is 0. The van der Waals surface area contributed by atoms with Gasteiger partial charge in [0, 0.05) is 31.8 Å². The second kappa shape index (κ2) is 11.4. The maximum Gasteiger partial charge on any atom is 0.339 e. The Kier molecular flexibility index (Phi) is 8.11. The summed E-state index contributed by atoms with van der Waals surface area (Å²) in [5.74, 6) is -0.320. The van der Waals surface area contributed by atoms with Crippen LogP contribution in [0.4, 0.5) is 11.9 Å². The molecule has 182 valence electrons. The van der Waals surface area contributed by atoms with Gasteiger partial charge < -0.3 is 30.5 Å². The van der Waals surface area contributed by atoms with E-state index in [0.29, 0.717) is 41.4 Å². The second-order valence-electron chi connectivity index (χ2n) is 7.07. The molecule has 4 aromatic rings.